The lowest BCUT2D eigenvalue weighted by Gasteiger charge is -2.19. The summed E-state index contributed by atoms with van der Waals surface area (Å²) in [6.07, 6.45) is 0. The lowest BCUT2D eigenvalue weighted by atomic mass is 10.1. The summed E-state index contributed by atoms with van der Waals surface area (Å²) in [5.41, 5.74) is 3.08. The van der Waals surface area contributed by atoms with Gasteiger partial charge in [0.1, 0.15) is 11.9 Å². The number of aryl methyl sites for hydroxylation is 2. The molecule has 0 amide bonds. The maximum atomic E-state index is 10.8. The minimum absolute atomic E-state index is 0.171. The van der Waals surface area contributed by atoms with E-state index < -0.39 is 4.92 Å². The molecule has 112 valence electrons. The second-order valence-corrected chi connectivity index (χ2v) is 5.19. The molecule has 0 N–H and O–H groups in total. The van der Waals surface area contributed by atoms with Gasteiger partial charge in [0.05, 0.1) is 4.92 Å². The first-order valence-corrected chi connectivity index (χ1v) is 6.75. The molecule has 2 aromatic rings. The van der Waals surface area contributed by atoms with Gasteiger partial charge in [0.15, 0.2) is 0 Å². The normalized spacial score (nSPS) is 10.1. The number of rotatable bonds is 4. The molecule has 2 rings (SSSR count). The first kappa shape index (κ1) is 15.4. The van der Waals surface area contributed by atoms with Crippen molar-refractivity contribution in [3.05, 3.63) is 62.8 Å². The molecule has 6 heteroatoms. The van der Waals surface area contributed by atoms with Crippen LogP contribution < -0.4 is 4.90 Å². The number of nitro groups is 1. The zero-order valence-corrected chi connectivity index (χ0v) is 12.7. The summed E-state index contributed by atoms with van der Waals surface area (Å²) < 4.78 is 0. The highest BCUT2D eigenvalue weighted by atomic mass is 16.6. The second-order valence-electron chi connectivity index (χ2n) is 5.19. The Morgan fingerprint density at radius 2 is 2.05 bits per heavy atom. The molecule has 0 fully saturated rings. The highest BCUT2D eigenvalue weighted by Crippen LogP contribution is 2.22. The lowest BCUT2D eigenvalue weighted by molar-refractivity contribution is -0.385. The summed E-state index contributed by atoms with van der Waals surface area (Å²) in [4.78, 5) is 16.2. The molecule has 1 aromatic heterocycles. The highest BCUT2D eigenvalue weighted by Gasteiger charge is 2.17. The summed E-state index contributed by atoms with van der Waals surface area (Å²) in [6, 6.07) is 10.9. The molecule has 0 saturated heterocycles. The lowest BCUT2D eigenvalue weighted by Crippen LogP contribution is -2.19. The molecule has 1 heterocycles. The largest absolute Gasteiger partial charge is 0.355 e. The van der Waals surface area contributed by atoms with Gasteiger partial charge in [-0.2, -0.15) is 5.26 Å². The maximum absolute atomic E-state index is 10.8. The average molecular weight is 296 g/mol. The van der Waals surface area contributed by atoms with E-state index in [1.807, 2.05) is 31.9 Å². The van der Waals surface area contributed by atoms with Crippen molar-refractivity contribution >= 4 is 11.5 Å². The van der Waals surface area contributed by atoms with Gasteiger partial charge in [0.2, 0.25) is 5.69 Å². The van der Waals surface area contributed by atoms with Crippen LogP contribution in [0.2, 0.25) is 0 Å². The summed E-state index contributed by atoms with van der Waals surface area (Å²) >= 11 is 0. The maximum Gasteiger partial charge on any atom is 0.305 e. The number of aromatic nitrogens is 1. The zero-order valence-electron chi connectivity index (χ0n) is 12.7. The number of nitrogens with zero attached hydrogens (tertiary/aromatic N) is 4. The standard InChI is InChI=1S/C16H16N4O2/c1-11-4-5-13(12(2)8-11)10-19(3)16-7-6-15(20(21)22)14(9-17)18-16/h4-8H,10H2,1-3H3. The minimum Gasteiger partial charge on any atom is -0.355 e. The fourth-order valence-electron chi connectivity index (χ4n) is 2.24. The molecular weight excluding hydrogens is 280 g/mol. The Morgan fingerprint density at radius 1 is 1.32 bits per heavy atom. The van der Waals surface area contributed by atoms with Gasteiger partial charge >= 0.3 is 5.69 Å². The van der Waals surface area contributed by atoms with Crippen molar-refractivity contribution in [2.24, 2.45) is 0 Å². The predicted molar refractivity (Wildman–Crippen MR) is 83.6 cm³/mol. The average Bonchev–Trinajstić information content (AvgIpc) is 2.49. The number of anilines is 1. The van der Waals surface area contributed by atoms with Crippen molar-refractivity contribution in [2.75, 3.05) is 11.9 Å². The van der Waals surface area contributed by atoms with Crippen molar-refractivity contribution in [3.8, 4) is 6.07 Å². The Hall–Kier alpha value is -2.94. The first-order valence-electron chi connectivity index (χ1n) is 6.75. The van der Waals surface area contributed by atoms with Crippen LogP contribution >= 0.6 is 0 Å². The summed E-state index contributed by atoms with van der Waals surface area (Å²) in [5.74, 6) is 0.530. The van der Waals surface area contributed by atoms with Crippen molar-refractivity contribution < 1.29 is 4.92 Å². The Labute approximate surface area is 128 Å². The molecule has 0 saturated carbocycles. The summed E-state index contributed by atoms with van der Waals surface area (Å²) in [6.45, 7) is 4.69. The van der Waals surface area contributed by atoms with E-state index in [1.54, 1.807) is 12.1 Å². The van der Waals surface area contributed by atoms with Gasteiger partial charge in [-0.3, -0.25) is 10.1 Å². The molecule has 0 bridgehead atoms. The molecule has 0 aliphatic carbocycles. The quantitative estimate of drug-likeness (QED) is 0.639. The molecule has 0 unspecified atom stereocenters. The molecule has 0 atom stereocenters. The summed E-state index contributed by atoms with van der Waals surface area (Å²) in [5, 5.41) is 19.8. The first-order chi connectivity index (χ1) is 10.4. The van der Waals surface area contributed by atoms with E-state index in [9.17, 15) is 10.1 Å². The van der Waals surface area contributed by atoms with Crippen LogP contribution in [0.25, 0.3) is 0 Å². The van der Waals surface area contributed by atoms with Crippen LogP contribution in [-0.2, 0) is 6.54 Å². The Bertz CT molecular complexity index is 765. The number of hydrogen-bond acceptors (Lipinski definition) is 5. The van der Waals surface area contributed by atoms with Gasteiger partial charge in [-0.25, -0.2) is 4.98 Å². The van der Waals surface area contributed by atoms with E-state index in [1.165, 1.54) is 17.2 Å². The number of pyridine rings is 1. The smallest absolute Gasteiger partial charge is 0.305 e. The van der Waals surface area contributed by atoms with Crippen LogP contribution in [0.3, 0.4) is 0 Å². The van der Waals surface area contributed by atoms with Crippen LogP contribution in [0, 0.1) is 35.3 Å². The van der Waals surface area contributed by atoms with Gasteiger partial charge in [-0.15, -0.1) is 0 Å². The highest BCUT2D eigenvalue weighted by molar-refractivity contribution is 5.51. The van der Waals surface area contributed by atoms with Crippen LogP contribution in [0.1, 0.15) is 22.4 Å². The SMILES string of the molecule is Cc1ccc(CN(C)c2ccc([N+](=O)[O-])c(C#N)n2)c(C)c1. The Balaban J connectivity index is 2.28. The van der Waals surface area contributed by atoms with Crippen molar-refractivity contribution in [1.29, 1.82) is 5.26 Å². The molecule has 0 spiro atoms. The number of benzene rings is 1. The number of hydrogen-bond donors (Lipinski definition) is 0. The van der Waals surface area contributed by atoms with E-state index in [4.69, 9.17) is 5.26 Å². The number of nitriles is 1. The van der Waals surface area contributed by atoms with Crippen molar-refractivity contribution in [3.63, 3.8) is 0 Å². The third-order valence-electron chi connectivity index (χ3n) is 3.46. The van der Waals surface area contributed by atoms with Crippen LogP contribution in [-0.4, -0.2) is 17.0 Å². The van der Waals surface area contributed by atoms with Gasteiger partial charge < -0.3 is 4.90 Å². The molecule has 22 heavy (non-hydrogen) atoms. The van der Waals surface area contributed by atoms with E-state index in [-0.39, 0.29) is 11.4 Å². The third kappa shape index (κ3) is 3.20. The van der Waals surface area contributed by atoms with Gasteiger partial charge in [0.25, 0.3) is 0 Å². The second kappa shape index (κ2) is 6.22. The molecule has 0 aliphatic heterocycles. The molecule has 6 nitrogen and oxygen atoms in total. The van der Waals surface area contributed by atoms with Gasteiger partial charge in [0, 0.05) is 19.7 Å². The predicted octanol–water partition coefficient (Wildman–Crippen LogP) is 3.11. The third-order valence-corrected chi connectivity index (χ3v) is 3.46. The Kier molecular flexibility index (Phi) is 4.37. The molecular formula is C16H16N4O2. The Morgan fingerprint density at radius 3 is 2.64 bits per heavy atom. The van der Waals surface area contributed by atoms with Crippen LogP contribution in [0.4, 0.5) is 11.5 Å². The van der Waals surface area contributed by atoms with E-state index in [0.29, 0.717) is 12.4 Å². The summed E-state index contributed by atoms with van der Waals surface area (Å²) in [7, 11) is 1.84. The zero-order chi connectivity index (χ0) is 16.3. The van der Waals surface area contributed by atoms with Gasteiger partial charge in [-0.1, -0.05) is 23.8 Å². The fourth-order valence-corrected chi connectivity index (χ4v) is 2.24. The minimum atomic E-state index is -0.598. The topological polar surface area (TPSA) is 83.1 Å². The fraction of sp³-hybridized carbons (Fsp3) is 0.250. The molecule has 1 aromatic carbocycles. The van der Waals surface area contributed by atoms with Crippen LogP contribution in [0.5, 0.6) is 0 Å². The molecule has 0 radical (unpaired) electrons. The molecule has 0 aliphatic rings. The van der Waals surface area contributed by atoms with Crippen molar-refractivity contribution in [1.82, 2.24) is 4.98 Å². The van der Waals surface area contributed by atoms with E-state index in [0.717, 1.165) is 5.56 Å². The van der Waals surface area contributed by atoms with Crippen LogP contribution in [0.15, 0.2) is 30.3 Å². The van der Waals surface area contributed by atoms with E-state index >= 15 is 0 Å². The monoisotopic (exact) mass is 296 g/mol. The van der Waals surface area contributed by atoms with Crippen molar-refractivity contribution in [2.45, 2.75) is 20.4 Å². The van der Waals surface area contributed by atoms with E-state index in [2.05, 4.69) is 17.1 Å². The van der Waals surface area contributed by atoms with Gasteiger partial charge in [-0.05, 0) is 31.0 Å².